The number of piperazine rings is 4. The van der Waals surface area contributed by atoms with Gasteiger partial charge in [0.2, 0.25) is 40.7 Å². The number of amides is 11. The first-order valence-corrected chi connectivity index (χ1v) is 45.9. The number of carboxylic acid groups (broad SMARTS) is 1. The summed E-state index contributed by atoms with van der Waals surface area (Å²) in [6.07, 6.45) is -7.99. The number of likely N-dealkylation sites (N-methyl/N-ethyl adjacent to an activating group) is 2. The predicted molar refractivity (Wildman–Crippen MR) is 498 cm³/mol. The molecule has 6 saturated heterocycles. The van der Waals surface area contributed by atoms with Gasteiger partial charge in [-0.15, -0.1) is 0 Å². The van der Waals surface area contributed by atoms with E-state index < -0.39 is 134 Å². The van der Waals surface area contributed by atoms with E-state index in [0.717, 1.165) is 66.0 Å². The first-order chi connectivity index (χ1) is 66.1. The number of anilines is 4. The Morgan fingerprint density at radius 1 is 0.468 bits per heavy atom. The number of carboxylic acids is 1. The quantitative estimate of drug-likeness (QED) is 0.0191. The number of piperidine rings is 2. The van der Waals surface area contributed by atoms with E-state index >= 15 is 8.78 Å². The molecule has 10 N–H and O–H groups in total. The number of aromatic amines is 2. The van der Waals surface area contributed by atoms with E-state index in [-0.39, 0.29) is 121 Å². The van der Waals surface area contributed by atoms with Gasteiger partial charge in [-0.05, 0) is 162 Å². The van der Waals surface area contributed by atoms with Crippen LogP contribution in [0.3, 0.4) is 0 Å². The van der Waals surface area contributed by atoms with Gasteiger partial charge in [0.15, 0.2) is 0 Å². The second-order valence-electron chi connectivity index (χ2n) is 36.1. The van der Waals surface area contributed by atoms with Crippen LogP contribution in [0, 0.1) is 11.6 Å². The van der Waals surface area contributed by atoms with Crippen molar-refractivity contribution in [2.24, 2.45) is 5.73 Å². The van der Waals surface area contributed by atoms with Crippen LogP contribution in [-0.2, 0) is 67.1 Å². The zero-order valence-corrected chi connectivity index (χ0v) is 77.3. The van der Waals surface area contributed by atoms with E-state index in [1.807, 2.05) is 32.8 Å². The maximum Gasteiger partial charge on any atom is 0.417 e. The molecule has 0 bridgehead atoms. The molecular formula is C98H108F8N18O15. The molecule has 6 atom stereocenters. The molecule has 0 aliphatic carbocycles. The van der Waals surface area contributed by atoms with Gasteiger partial charge in [0, 0.05) is 203 Å². The van der Waals surface area contributed by atoms with Crippen LogP contribution >= 0.6 is 0 Å². The fraction of sp³-hybridized carbons (Fsp3) is 0.408. The van der Waals surface area contributed by atoms with Gasteiger partial charge in [0.05, 0.1) is 67.3 Å². The summed E-state index contributed by atoms with van der Waals surface area (Å²) in [7, 11) is 4.04. The molecule has 736 valence electrons. The summed E-state index contributed by atoms with van der Waals surface area (Å²) >= 11 is 0. The number of nitrogens with zero attached hydrogens (tertiary/aromatic N) is 10. The summed E-state index contributed by atoms with van der Waals surface area (Å²) in [5, 5.41) is 21.4. The Morgan fingerprint density at radius 2 is 0.856 bits per heavy atom. The van der Waals surface area contributed by atoms with Crippen LogP contribution in [0.15, 0.2) is 143 Å². The Bertz CT molecular complexity index is 6210. The third-order valence-corrected chi connectivity index (χ3v) is 26.8. The molecular weight excluding hydrogens is 1820 g/mol. The third-order valence-electron chi connectivity index (χ3n) is 26.8. The van der Waals surface area contributed by atoms with Gasteiger partial charge in [0.1, 0.15) is 23.7 Å². The lowest BCUT2D eigenvalue weighted by atomic mass is 9.99. The largest absolute Gasteiger partial charge is 0.481 e. The molecule has 0 radical (unpaired) electrons. The second kappa shape index (κ2) is 43.2. The Balaban J connectivity index is 0.000000187. The van der Waals surface area contributed by atoms with E-state index in [0.29, 0.717) is 136 Å². The van der Waals surface area contributed by atoms with Crippen molar-refractivity contribution in [1.29, 1.82) is 0 Å². The zero-order valence-electron chi connectivity index (χ0n) is 77.3. The van der Waals surface area contributed by atoms with E-state index in [9.17, 15) is 93.5 Å². The molecule has 139 heavy (non-hydrogen) atoms. The molecule has 6 aromatic carbocycles. The summed E-state index contributed by atoms with van der Waals surface area (Å²) in [6.45, 7) is 20.5. The lowest BCUT2D eigenvalue weighted by Gasteiger charge is -2.44. The van der Waals surface area contributed by atoms with Crippen LogP contribution in [0.2, 0.25) is 0 Å². The minimum atomic E-state index is -4.97. The number of carbonyl (C=O) groups is 12. The van der Waals surface area contributed by atoms with Crippen molar-refractivity contribution in [1.82, 2.24) is 65.1 Å². The van der Waals surface area contributed by atoms with Crippen molar-refractivity contribution in [3.8, 4) is 22.3 Å². The number of fused-ring (bicyclic) bond motifs is 2. The Morgan fingerprint density at radius 3 is 1.24 bits per heavy atom. The number of rotatable bonds is 25. The molecule has 2 unspecified atom stereocenters. The fourth-order valence-electron chi connectivity index (χ4n) is 18.9. The topological polar surface area (TPSA) is 409 Å². The number of imide groups is 4. The Labute approximate surface area is 793 Å². The highest BCUT2D eigenvalue weighted by Crippen LogP contribution is 2.42. The molecule has 11 amide bonds. The lowest BCUT2D eigenvalue weighted by molar-refractivity contribution is -0.138. The van der Waals surface area contributed by atoms with Crippen LogP contribution in [0.1, 0.15) is 162 Å². The summed E-state index contributed by atoms with van der Waals surface area (Å²) < 4.78 is 114. The number of alkyl halides is 6. The fourth-order valence-corrected chi connectivity index (χ4v) is 18.9. The number of H-pyrrole nitrogens is 2. The van der Waals surface area contributed by atoms with Gasteiger partial charge in [-0.2, -0.15) is 26.3 Å². The molecule has 33 nitrogen and oxygen atoms in total. The minimum Gasteiger partial charge on any atom is -0.481 e. The summed E-state index contributed by atoms with van der Waals surface area (Å²) in [5.74, 6) is -9.04. The molecule has 6 fully saturated rings. The standard InChI is InChI=1S/C49H53F4N9O7.C33H41F4N7O2.C16H14N2O6/c1-28-25-61(26-29(2)58(28)3)39-11-8-32(22-38(39)56-45(66)35-24-55-43(65)23-36(35)49(51,52)53)34-21-30(7-10-37(34)50)27-60-19-17-59(18-20-60)16-15-54-41(63)13-9-31-5-4-6-33-44(31)48(69)62(47(33)68)40-12-14-42(64)57-46(40)67;1-21-18-44(19-22(2)41(21)3)30-7-5-24(15-29(30)40-32(46)26-17-39-31(45)16-27(26)33(35,36)37)25-14-23(4-6-28(25)34)20-43-12-10-42(9-8-38)11-13-43;19-11-6-5-10(14(22)17-11)18-15(23)9-3-1-2-8(4-7-12(20)21)13(9)16(18)24/h4-8,10-11,21-24,28-29,40H,9,12-20,25-27H2,1-3H3,(H,54,63)(H,55,65)(H,56,66)(H,57,64,67);4-7,14-17,21-22H,8-13,18-20,38H2,1-3H3,(H,39,45)(H,40,46);1-3,10H,4-7H2,(H,20,21)(H,17,19,22)/t28-,29+,40?;21-,22+;. The number of hydrogen-bond donors (Lipinski definition) is 9. The number of carbonyl (C=O) groups excluding carboxylic acids is 11. The van der Waals surface area contributed by atoms with Crippen molar-refractivity contribution < 1.29 is 97.8 Å². The predicted octanol–water partition coefficient (Wildman–Crippen LogP) is 8.41. The number of aromatic nitrogens is 2. The van der Waals surface area contributed by atoms with Crippen LogP contribution in [0.5, 0.6) is 0 Å². The summed E-state index contributed by atoms with van der Waals surface area (Å²) in [5.41, 5.74) is 5.91. The number of nitrogens with one attached hydrogen (secondary N) is 7. The first-order valence-electron chi connectivity index (χ1n) is 45.9. The molecule has 8 aromatic rings. The average molecular weight is 1930 g/mol. The number of halogens is 8. The smallest absolute Gasteiger partial charge is 0.417 e. The third kappa shape index (κ3) is 23.5. The molecule has 41 heteroatoms. The molecule has 8 aliphatic rings. The van der Waals surface area contributed by atoms with Crippen LogP contribution in [0.25, 0.3) is 22.3 Å². The number of hydrogen-bond acceptors (Lipinski definition) is 23. The maximum absolute atomic E-state index is 15.7. The maximum atomic E-state index is 15.7. The Kier molecular flexibility index (Phi) is 31.5. The van der Waals surface area contributed by atoms with Crippen molar-refractivity contribution >= 4 is 93.7 Å². The normalized spacial score (nSPS) is 20.4. The summed E-state index contributed by atoms with van der Waals surface area (Å²) in [4.78, 5) is 197. The second-order valence-corrected chi connectivity index (χ2v) is 36.1. The van der Waals surface area contributed by atoms with Crippen LogP contribution in [-0.4, -0.2) is 280 Å². The average Bonchev–Trinajstić information content (AvgIpc) is 1.60. The van der Waals surface area contributed by atoms with Gasteiger partial charge >= 0.3 is 18.3 Å². The molecule has 0 spiro atoms. The van der Waals surface area contributed by atoms with Gasteiger partial charge in [-0.1, -0.05) is 48.5 Å². The molecule has 16 rings (SSSR count). The summed E-state index contributed by atoms with van der Waals surface area (Å²) in [6, 6.07) is 28.6. The van der Waals surface area contributed by atoms with E-state index in [2.05, 4.69) is 84.7 Å². The monoisotopic (exact) mass is 1930 g/mol. The highest BCUT2D eigenvalue weighted by atomic mass is 19.4. The number of pyridine rings is 2. The number of benzene rings is 6. The Hall–Kier alpha value is -13.6. The molecule has 2 aromatic heterocycles. The number of aryl methyl sites for hydroxylation is 2. The number of aliphatic carboxylic acids is 1. The first kappa shape index (κ1) is 101. The zero-order chi connectivity index (χ0) is 99.9. The van der Waals surface area contributed by atoms with Crippen molar-refractivity contribution in [3.63, 3.8) is 0 Å². The minimum absolute atomic E-state index is 0.0130. The van der Waals surface area contributed by atoms with E-state index in [4.69, 9.17) is 10.8 Å². The number of nitrogens with two attached hydrogens (primary N) is 1. The van der Waals surface area contributed by atoms with E-state index in [1.165, 1.54) is 24.3 Å². The SMILES string of the molecule is C[C@@H]1CN(c2ccc(-c3cc(CN4CCN(CCN)CC4)ccc3F)cc2NC(=O)c2c[nH]c(=O)cc2C(F)(F)F)C[C@H](C)N1C.C[C@@H]1CN(c2ccc(-c3cc(CN4CCN(CCNC(=O)CCc5cccc6c5C(=O)N(C5CCC(=O)NC5=O)C6=O)CC4)ccc3F)cc2NC(=O)c2c[nH]c(=O)cc2C(F)(F)F)C[C@H](C)N1C.O=C(O)CCc1cccc2c1C(=O)N(C1CCC(=O)NC1=O)C2=O. The highest BCUT2D eigenvalue weighted by molar-refractivity contribution is 6.25. The molecule has 0 saturated carbocycles. The van der Waals surface area contributed by atoms with Crippen LogP contribution < -0.4 is 53.2 Å². The van der Waals surface area contributed by atoms with E-state index in [1.54, 1.807) is 84.9 Å². The molecule has 10 heterocycles. The van der Waals surface area contributed by atoms with Crippen LogP contribution in [0.4, 0.5) is 57.9 Å². The molecule has 8 aliphatic heterocycles. The van der Waals surface area contributed by atoms with Crippen molar-refractivity contribution in [3.05, 3.63) is 233 Å². The highest BCUT2D eigenvalue weighted by Gasteiger charge is 2.48. The van der Waals surface area contributed by atoms with Gasteiger partial charge in [-0.25, -0.2) is 8.78 Å². The van der Waals surface area contributed by atoms with Gasteiger partial charge < -0.3 is 46.6 Å². The lowest BCUT2D eigenvalue weighted by Crippen LogP contribution is -2.55. The van der Waals surface area contributed by atoms with Gasteiger partial charge in [0.25, 0.3) is 35.4 Å². The van der Waals surface area contributed by atoms with Crippen molar-refractivity contribution in [2.45, 2.75) is 141 Å². The van der Waals surface area contributed by atoms with Crippen molar-refractivity contribution in [2.75, 3.05) is 139 Å². The van der Waals surface area contributed by atoms with Gasteiger partial charge in [-0.3, -0.25) is 117 Å².